The van der Waals surface area contributed by atoms with Gasteiger partial charge in [-0.2, -0.15) is 22.3 Å². The quantitative estimate of drug-likeness (QED) is 0.321. The zero-order chi connectivity index (χ0) is 24.7. The van der Waals surface area contributed by atoms with Crippen molar-refractivity contribution < 1.29 is 51.0 Å². The summed E-state index contributed by atoms with van der Waals surface area (Å²) in [7, 11) is 0. The van der Waals surface area contributed by atoms with E-state index in [0.717, 1.165) is 24.7 Å². The van der Waals surface area contributed by atoms with Gasteiger partial charge in [-0.05, 0) is 61.2 Å². The minimum atomic E-state index is 0. The largest absolute Gasteiger partial charge is 4.00 e. The minimum absolute atomic E-state index is 0. The SMILES string of the molecule is CCC(CC)(CC(C)C)C1=[C-]CC(C)=C1C.CCC(CC)(CC(C)C)C1=[C-]CC(C)=C1C.[Cl-].[Cl-].[Zr+4]. The Kier molecular flexibility index (Phi) is 20.4. The van der Waals surface area contributed by atoms with Gasteiger partial charge in [0.2, 0.25) is 0 Å². The van der Waals surface area contributed by atoms with E-state index < -0.39 is 0 Å². The van der Waals surface area contributed by atoms with Gasteiger partial charge in [-0.25, -0.2) is 11.1 Å². The van der Waals surface area contributed by atoms with Gasteiger partial charge in [-0.3, -0.25) is 12.2 Å². The van der Waals surface area contributed by atoms with Crippen LogP contribution in [0.2, 0.25) is 0 Å². The zero-order valence-corrected chi connectivity index (χ0v) is 29.0. The molecule has 0 aromatic rings. The standard InChI is InChI=1S/2C16H27.2ClH.Zr/c2*1-7-16(8-2,11-12(3)4)15-10-9-13(5)14(15)6;;;/h2*12H,7-9,11H2,1-6H3;2*1H;/q2*-1;;;+4/p-2. The van der Waals surface area contributed by atoms with Crippen LogP contribution in [0.1, 0.15) is 134 Å². The van der Waals surface area contributed by atoms with Crippen molar-refractivity contribution in [2.45, 2.75) is 134 Å². The summed E-state index contributed by atoms with van der Waals surface area (Å²) < 4.78 is 0. The van der Waals surface area contributed by atoms with E-state index in [9.17, 15) is 0 Å². The van der Waals surface area contributed by atoms with Crippen LogP contribution in [-0.4, -0.2) is 0 Å². The first-order valence-corrected chi connectivity index (χ1v) is 13.5. The number of hydrogen-bond donors (Lipinski definition) is 0. The maximum absolute atomic E-state index is 3.65. The predicted octanol–water partition coefficient (Wildman–Crippen LogP) is 4.62. The molecule has 0 fully saturated rings. The summed E-state index contributed by atoms with van der Waals surface area (Å²) in [5.41, 5.74) is 9.91. The van der Waals surface area contributed by atoms with E-state index in [0.29, 0.717) is 10.8 Å². The third-order valence-corrected chi connectivity index (χ3v) is 8.46. The summed E-state index contributed by atoms with van der Waals surface area (Å²) >= 11 is 0. The van der Waals surface area contributed by atoms with Gasteiger partial charge in [0, 0.05) is 0 Å². The molecule has 200 valence electrons. The first-order chi connectivity index (χ1) is 14.9. The maximum atomic E-state index is 3.65. The number of allylic oxidation sites excluding steroid dienone is 8. The van der Waals surface area contributed by atoms with Crippen LogP contribution >= 0.6 is 0 Å². The molecule has 0 aromatic carbocycles. The van der Waals surface area contributed by atoms with Crippen molar-refractivity contribution in [3.63, 3.8) is 0 Å². The van der Waals surface area contributed by atoms with Crippen molar-refractivity contribution in [2.75, 3.05) is 0 Å². The maximum Gasteiger partial charge on any atom is 4.00 e. The normalized spacial score (nSPS) is 15.8. The fraction of sp³-hybridized carbons (Fsp3) is 0.750. The molecule has 0 aromatic heterocycles. The Bertz CT molecular complexity index is 678. The molecule has 0 aliphatic heterocycles. The average Bonchev–Trinajstić information content (AvgIpc) is 3.27. The average molecular weight is 601 g/mol. The summed E-state index contributed by atoms with van der Waals surface area (Å²) in [5.74, 6) is 1.53. The molecule has 0 atom stereocenters. The van der Waals surface area contributed by atoms with Crippen LogP contribution in [-0.2, 0) is 26.2 Å². The van der Waals surface area contributed by atoms with Gasteiger partial charge in [-0.1, -0.05) is 69.2 Å². The van der Waals surface area contributed by atoms with Crippen molar-refractivity contribution in [3.8, 4) is 0 Å². The summed E-state index contributed by atoms with van der Waals surface area (Å²) in [4.78, 5) is 0. The molecule has 35 heavy (non-hydrogen) atoms. The summed E-state index contributed by atoms with van der Waals surface area (Å²) in [6.45, 7) is 27.7. The molecule has 0 unspecified atom stereocenters. The molecule has 0 spiro atoms. The van der Waals surface area contributed by atoms with E-state index in [2.05, 4.69) is 95.2 Å². The van der Waals surface area contributed by atoms with E-state index in [-0.39, 0.29) is 51.0 Å². The molecule has 0 saturated carbocycles. The van der Waals surface area contributed by atoms with E-state index in [4.69, 9.17) is 0 Å². The van der Waals surface area contributed by atoms with Gasteiger partial charge in [0.15, 0.2) is 0 Å². The fourth-order valence-electron chi connectivity index (χ4n) is 6.12. The van der Waals surface area contributed by atoms with Crippen molar-refractivity contribution in [3.05, 3.63) is 45.6 Å². The molecule has 0 N–H and O–H groups in total. The van der Waals surface area contributed by atoms with Crippen LogP contribution in [0.25, 0.3) is 0 Å². The molecule has 0 amide bonds. The van der Waals surface area contributed by atoms with Crippen LogP contribution in [0.15, 0.2) is 33.4 Å². The Hall–Kier alpha value is 0.423. The summed E-state index contributed by atoms with van der Waals surface area (Å²) in [6, 6.07) is 0. The second-order valence-corrected chi connectivity index (χ2v) is 11.4. The topological polar surface area (TPSA) is 0 Å². The van der Waals surface area contributed by atoms with Gasteiger partial charge in [0.1, 0.15) is 0 Å². The van der Waals surface area contributed by atoms with Crippen molar-refractivity contribution >= 4 is 0 Å². The van der Waals surface area contributed by atoms with Gasteiger partial charge < -0.3 is 24.8 Å². The second kappa shape index (κ2) is 17.8. The molecular formula is C32H54Cl2Zr. The van der Waals surface area contributed by atoms with Gasteiger partial charge in [0.05, 0.1) is 0 Å². The third-order valence-electron chi connectivity index (χ3n) is 8.46. The Morgan fingerprint density at radius 3 is 1.00 bits per heavy atom. The van der Waals surface area contributed by atoms with Crippen molar-refractivity contribution in [1.29, 1.82) is 0 Å². The third kappa shape index (κ3) is 9.91. The van der Waals surface area contributed by atoms with Gasteiger partial charge in [0.25, 0.3) is 0 Å². The van der Waals surface area contributed by atoms with Crippen LogP contribution < -0.4 is 24.8 Å². The fourth-order valence-corrected chi connectivity index (χ4v) is 6.12. The molecule has 2 aliphatic carbocycles. The minimum Gasteiger partial charge on any atom is -1.00 e. The summed E-state index contributed by atoms with van der Waals surface area (Å²) in [6.07, 6.45) is 17.0. The molecule has 0 saturated heterocycles. The molecule has 0 bridgehead atoms. The first-order valence-electron chi connectivity index (χ1n) is 13.5. The monoisotopic (exact) mass is 598 g/mol. The molecule has 3 heteroatoms. The number of rotatable bonds is 10. The Morgan fingerprint density at radius 1 is 0.600 bits per heavy atom. The van der Waals surface area contributed by atoms with Crippen LogP contribution in [0.4, 0.5) is 0 Å². The van der Waals surface area contributed by atoms with Gasteiger partial charge in [-0.15, -0.1) is 26.7 Å². The first kappa shape index (κ1) is 39.9. The molecule has 0 nitrogen and oxygen atoms in total. The molecule has 0 heterocycles. The molecule has 2 rings (SSSR count). The van der Waals surface area contributed by atoms with Crippen molar-refractivity contribution in [1.82, 2.24) is 0 Å². The Balaban J connectivity index is -0.000000539. The van der Waals surface area contributed by atoms with E-state index in [1.54, 1.807) is 0 Å². The van der Waals surface area contributed by atoms with Crippen LogP contribution in [0, 0.1) is 34.8 Å². The molecular weight excluding hydrogens is 546 g/mol. The summed E-state index contributed by atoms with van der Waals surface area (Å²) in [5, 5.41) is 0. The van der Waals surface area contributed by atoms with Crippen LogP contribution in [0.3, 0.4) is 0 Å². The second-order valence-electron chi connectivity index (χ2n) is 11.4. The molecule has 2 aliphatic rings. The van der Waals surface area contributed by atoms with Crippen molar-refractivity contribution in [2.24, 2.45) is 22.7 Å². The molecule has 0 radical (unpaired) electrons. The zero-order valence-electron chi connectivity index (χ0n) is 25.1. The van der Waals surface area contributed by atoms with E-state index in [1.807, 2.05) is 0 Å². The van der Waals surface area contributed by atoms with Gasteiger partial charge >= 0.3 is 26.2 Å². The Labute approximate surface area is 252 Å². The number of hydrogen-bond acceptors (Lipinski definition) is 0. The smallest absolute Gasteiger partial charge is 1.00 e. The van der Waals surface area contributed by atoms with Crippen LogP contribution in [0.5, 0.6) is 0 Å². The Morgan fingerprint density at radius 2 is 0.857 bits per heavy atom. The predicted molar refractivity (Wildman–Crippen MR) is 144 cm³/mol. The van der Waals surface area contributed by atoms with E-state index >= 15 is 0 Å². The number of halogens is 2. The van der Waals surface area contributed by atoms with E-state index in [1.165, 1.54) is 72.0 Å².